The fourth-order valence-corrected chi connectivity index (χ4v) is 0.666. The third-order valence-electron chi connectivity index (χ3n) is 1.50. The van der Waals surface area contributed by atoms with Crippen LogP contribution >= 0.6 is 0 Å². The van der Waals surface area contributed by atoms with Crippen LogP contribution in [-0.4, -0.2) is 96.6 Å². The van der Waals surface area contributed by atoms with Gasteiger partial charge in [-0.05, 0) is 0 Å². The van der Waals surface area contributed by atoms with Crippen molar-refractivity contribution in [2.75, 3.05) is 0 Å². The zero-order chi connectivity index (χ0) is 11.5. The SMILES string of the molecule is O=C(O)C(O)C(O)C(O)C(O)C(=O)O.[NaH].[Zr]. The third kappa shape index (κ3) is 6.41. The molecular weight excluding hydrogens is 314 g/mol. The van der Waals surface area contributed by atoms with Gasteiger partial charge in [-0.3, -0.25) is 0 Å². The van der Waals surface area contributed by atoms with Gasteiger partial charge in [0.2, 0.25) is 0 Å². The predicted molar refractivity (Wildman–Crippen MR) is 46.4 cm³/mol. The quantitative estimate of drug-likeness (QED) is 0.279. The maximum Gasteiger partial charge on any atom is 0 e. The standard InChI is InChI=1S/C6H10O8.Na.Zr.H/c7-1(3(9)5(11)12)2(8)4(10)6(13)14;;;/h1-4,7-10H,(H,11,12)(H,13,14);;;. The maximum atomic E-state index is 10.1. The van der Waals surface area contributed by atoms with Gasteiger partial charge in [-0.1, -0.05) is 0 Å². The number of carboxylic acid groups (broad SMARTS) is 2. The first-order valence-electron chi connectivity index (χ1n) is 3.47. The van der Waals surface area contributed by atoms with Gasteiger partial charge < -0.3 is 30.6 Å². The molecule has 0 aliphatic heterocycles. The summed E-state index contributed by atoms with van der Waals surface area (Å²) in [4.78, 5) is 20.2. The van der Waals surface area contributed by atoms with E-state index in [9.17, 15) is 9.59 Å². The van der Waals surface area contributed by atoms with Crippen molar-refractivity contribution < 1.29 is 66.4 Å². The summed E-state index contributed by atoms with van der Waals surface area (Å²) in [6.07, 6.45) is -9.28. The van der Waals surface area contributed by atoms with Crippen LogP contribution in [0.1, 0.15) is 0 Å². The zero-order valence-electron chi connectivity index (χ0n) is 7.31. The molecule has 88 valence electrons. The largest absolute Gasteiger partial charge is 0 e. The Bertz CT molecular complexity index is 213. The Morgan fingerprint density at radius 1 is 0.750 bits per heavy atom. The maximum absolute atomic E-state index is 10.1. The van der Waals surface area contributed by atoms with E-state index < -0.39 is 36.4 Å². The number of aliphatic hydroxyl groups excluding tert-OH is 4. The summed E-state index contributed by atoms with van der Waals surface area (Å²) in [5.41, 5.74) is 0. The van der Waals surface area contributed by atoms with Crippen LogP contribution in [0.3, 0.4) is 0 Å². The third-order valence-corrected chi connectivity index (χ3v) is 1.50. The Balaban J connectivity index is -0.000000845. The molecule has 6 N–H and O–H groups in total. The van der Waals surface area contributed by atoms with E-state index in [4.69, 9.17) is 30.6 Å². The number of hydrogen-bond acceptors (Lipinski definition) is 6. The van der Waals surface area contributed by atoms with Gasteiger partial charge in [0.05, 0.1) is 0 Å². The second kappa shape index (κ2) is 9.67. The van der Waals surface area contributed by atoms with Crippen molar-refractivity contribution in [2.45, 2.75) is 24.4 Å². The molecule has 4 unspecified atom stereocenters. The molecule has 4 atom stereocenters. The van der Waals surface area contributed by atoms with Crippen LogP contribution in [-0.2, 0) is 35.8 Å². The summed E-state index contributed by atoms with van der Waals surface area (Å²) in [5.74, 6) is -3.68. The summed E-state index contributed by atoms with van der Waals surface area (Å²) in [6, 6.07) is 0. The van der Waals surface area contributed by atoms with Crippen LogP contribution in [0.15, 0.2) is 0 Å². The number of hydrogen-bond donors (Lipinski definition) is 6. The van der Waals surface area contributed by atoms with E-state index in [1.165, 1.54) is 0 Å². The van der Waals surface area contributed by atoms with E-state index in [1.54, 1.807) is 0 Å². The topological polar surface area (TPSA) is 156 Å². The predicted octanol–water partition coefficient (Wildman–Crippen LogP) is -4.05. The Hall–Kier alpha value is 0.663. The number of carboxylic acids is 2. The normalized spacial score (nSPS) is 17.0. The summed E-state index contributed by atoms with van der Waals surface area (Å²) in [5, 5.41) is 51.5. The minimum absolute atomic E-state index is 0. The summed E-state index contributed by atoms with van der Waals surface area (Å²) < 4.78 is 0. The molecule has 0 bridgehead atoms. The van der Waals surface area contributed by atoms with E-state index in [-0.39, 0.29) is 55.8 Å². The average molecular weight is 325 g/mol. The van der Waals surface area contributed by atoms with Crippen LogP contribution in [0.4, 0.5) is 0 Å². The van der Waals surface area contributed by atoms with Crippen molar-refractivity contribution >= 4 is 41.5 Å². The van der Waals surface area contributed by atoms with Crippen LogP contribution < -0.4 is 0 Å². The molecule has 0 saturated heterocycles. The molecule has 0 aromatic carbocycles. The Labute approximate surface area is 131 Å². The molecule has 16 heavy (non-hydrogen) atoms. The molecule has 0 aliphatic carbocycles. The summed E-state index contributed by atoms with van der Waals surface area (Å²) >= 11 is 0. The molecule has 0 radical (unpaired) electrons. The van der Waals surface area contributed by atoms with Crippen LogP contribution in [0.25, 0.3) is 0 Å². The number of rotatable bonds is 5. The molecule has 0 aromatic heterocycles. The smallest absolute Gasteiger partial charge is 0 e. The molecule has 0 saturated carbocycles. The monoisotopic (exact) mass is 324 g/mol. The van der Waals surface area contributed by atoms with E-state index >= 15 is 0 Å². The Kier molecular flexibility index (Phi) is 13.2. The zero-order valence-corrected chi connectivity index (χ0v) is 9.77. The van der Waals surface area contributed by atoms with Crippen molar-refractivity contribution in [1.82, 2.24) is 0 Å². The number of aliphatic hydroxyl groups is 4. The Morgan fingerprint density at radius 3 is 1.06 bits per heavy atom. The second-order valence-corrected chi connectivity index (χ2v) is 2.55. The molecule has 0 fully saturated rings. The molecule has 10 heteroatoms. The van der Waals surface area contributed by atoms with Gasteiger partial charge in [-0.2, -0.15) is 0 Å². The van der Waals surface area contributed by atoms with Gasteiger partial charge in [-0.15, -0.1) is 0 Å². The molecule has 0 aromatic rings. The van der Waals surface area contributed by atoms with E-state index in [0.717, 1.165) is 0 Å². The Morgan fingerprint density at radius 2 is 0.938 bits per heavy atom. The summed E-state index contributed by atoms with van der Waals surface area (Å²) in [7, 11) is 0. The molecule has 0 heterocycles. The first-order valence-corrected chi connectivity index (χ1v) is 3.47. The summed E-state index contributed by atoms with van der Waals surface area (Å²) in [6.45, 7) is 0. The van der Waals surface area contributed by atoms with Gasteiger partial charge in [-0.25, -0.2) is 9.59 Å². The molecule has 0 spiro atoms. The average Bonchev–Trinajstić information content (AvgIpc) is 2.12. The van der Waals surface area contributed by atoms with Crippen molar-refractivity contribution in [3.63, 3.8) is 0 Å². The van der Waals surface area contributed by atoms with Crippen molar-refractivity contribution in [3.8, 4) is 0 Å². The minimum atomic E-state index is -2.36. The van der Waals surface area contributed by atoms with Crippen LogP contribution in [0, 0.1) is 0 Å². The van der Waals surface area contributed by atoms with E-state index in [2.05, 4.69) is 0 Å². The van der Waals surface area contributed by atoms with Gasteiger partial charge in [0.15, 0.2) is 12.2 Å². The van der Waals surface area contributed by atoms with E-state index in [0.29, 0.717) is 0 Å². The fourth-order valence-electron chi connectivity index (χ4n) is 0.666. The fraction of sp³-hybridized carbons (Fsp3) is 0.667. The van der Waals surface area contributed by atoms with Gasteiger partial charge in [0.25, 0.3) is 0 Å². The van der Waals surface area contributed by atoms with Gasteiger partial charge in [0.1, 0.15) is 12.2 Å². The molecule has 0 rings (SSSR count). The minimum Gasteiger partial charge on any atom is 0 e. The molecular formula is C6H11NaO8Zr. The van der Waals surface area contributed by atoms with Crippen molar-refractivity contribution in [2.24, 2.45) is 0 Å². The van der Waals surface area contributed by atoms with Crippen LogP contribution in [0.5, 0.6) is 0 Å². The van der Waals surface area contributed by atoms with E-state index in [1.807, 2.05) is 0 Å². The molecule has 8 nitrogen and oxygen atoms in total. The van der Waals surface area contributed by atoms with Crippen LogP contribution in [0.2, 0.25) is 0 Å². The van der Waals surface area contributed by atoms with Gasteiger partial charge in [0, 0.05) is 26.2 Å². The number of carbonyl (C=O) groups is 2. The van der Waals surface area contributed by atoms with Crippen molar-refractivity contribution in [3.05, 3.63) is 0 Å². The first kappa shape index (κ1) is 21.9. The molecule has 0 amide bonds. The molecule has 0 aliphatic rings. The number of aliphatic carboxylic acids is 2. The van der Waals surface area contributed by atoms with Crippen molar-refractivity contribution in [1.29, 1.82) is 0 Å². The van der Waals surface area contributed by atoms with Gasteiger partial charge >= 0.3 is 41.5 Å². The first-order chi connectivity index (χ1) is 6.29. The second-order valence-electron chi connectivity index (χ2n) is 2.55.